The molecule has 0 spiro atoms. The molecule has 10 aromatic carbocycles. The van der Waals surface area contributed by atoms with Gasteiger partial charge in [0.25, 0.3) is 0 Å². The summed E-state index contributed by atoms with van der Waals surface area (Å²) in [6.07, 6.45) is 0. The number of benzene rings is 10. The number of nitrogens with zero attached hydrogens (tertiary/aromatic N) is 2. The van der Waals surface area contributed by atoms with Gasteiger partial charge in [0.05, 0.1) is 16.8 Å². The van der Waals surface area contributed by atoms with Gasteiger partial charge in [-0.1, -0.05) is 224 Å². The van der Waals surface area contributed by atoms with Crippen molar-refractivity contribution in [1.29, 1.82) is 0 Å². The lowest BCUT2D eigenvalue weighted by molar-refractivity contribution is 0.768. The van der Waals surface area contributed by atoms with E-state index < -0.39 is 5.41 Å². The minimum atomic E-state index is -0.510. The first-order chi connectivity index (χ1) is 33.7. The Morgan fingerprint density at radius 2 is 0.824 bits per heavy atom. The van der Waals surface area contributed by atoms with Gasteiger partial charge in [0, 0.05) is 42.4 Å². The number of rotatable bonds is 8. The van der Waals surface area contributed by atoms with Crippen molar-refractivity contribution in [3.8, 4) is 78.4 Å². The maximum atomic E-state index is 5.45. The second kappa shape index (κ2) is 16.4. The second-order valence-electron chi connectivity index (χ2n) is 17.6. The average molecular weight is 883 g/mol. The molecule has 0 fully saturated rings. The van der Waals surface area contributed by atoms with Crippen LogP contribution in [0.4, 0.5) is 0 Å². The predicted molar refractivity (Wildman–Crippen MR) is 285 cm³/mol. The molecule has 1 aliphatic carbocycles. The molecule has 0 unspecified atom stereocenters. The Bertz CT molecular complexity index is 3800. The summed E-state index contributed by atoms with van der Waals surface area (Å²) in [5.74, 6) is 0.685. The molecule has 318 valence electrons. The van der Waals surface area contributed by atoms with Gasteiger partial charge < -0.3 is 0 Å². The summed E-state index contributed by atoms with van der Waals surface area (Å²) in [5, 5.41) is 2.56. The van der Waals surface area contributed by atoms with E-state index in [0.717, 1.165) is 50.3 Å². The number of thiophene rings is 1. The molecule has 1 aliphatic rings. The lowest BCUT2D eigenvalue weighted by Crippen LogP contribution is -2.28. The molecular weight excluding hydrogens is 841 g/mol. The Morgan fingerprint density at radius 3 is 1.57 bits per heavy atom. The van der Waals surface area contributed by atoms with Crippen molar-refractivity contribution < 1.29 is 0 Å². The first kappa shape index (κ1) is 39.8. The summed E-state index contributed by atoms with van der Waals surface area (Å²) in [5.41, 5.74) is 18.8. The van der Waals surface area contributed by atoms with E-state index in [1.165, 1.54) is 64.7 Å². The standard InChI is InChI=1S/C65H42N2S/c1-5-21-43(22-6-1)45-39-46(50-33-20-37-58-62(50)56-32-15-17-36-57(56)65(58,48-25-9-3-10-26-48)49-27-11-4-12-28-49)41-47(40-45)59-42-60(67-64(66-59)44-23-7-2-8-24-44)52-30-14-13-29-51(52)54-34-19-35-55-53-31-16-18-38-61(53)68-63(54)55/h1-42H. The molecule has 0 bridgehead atoms. The summed E-state index contributed by atoms with van der Waals surface area (Å²) in [6, 6.07) is 92.5. The molecule has 0 amide bonds. The molecule has 2 heterocycles. The highest BCUT2D eigenvalue weighted by Gasteiger charge is 2.46. The number of hydrogen-bond acceptors (Lipinski definition) is 3. The molecule has 2 aromatic heterocycles. The van der Waals surface area contributed by atoms with Gasteiger partial charge >= 0.3 is 0 Å². The number of fused-ring (bicyclic) bond motifs is 6. The molecular formula is C65H42N2S. The van der Waals surface area contributed by atoms with Gasteiger partial charge in [-0.05, 0) is 91.5 Å². The average Bonchev–Trinajstić information content (AvgIpc) is 3.96. The smallest absolute Gasteiger partial charge is 0.160 e. The third kappa shape index (κ3) is 6.46. The van der Waals surface area contributed by atoms with Crippen molar-refractivity contribution in [3.05, 3.63) is 277 Å². The Hall–Kier alpha value is -8.50. The van der Waals surface area contributed by atoms with Gasteiger partial charge in [-0.15, -0.1) is 11.3 Å². The molecule has 0 saturated carbocycles. The highest BCUT2D eigenvalue weighted by Crippen LogP contribution is 2.58. The molecule has 2 nitrogen and oxygen atoms in total. The maximum Gasteiger partial charge on any atom is 0.160 e. The van der Waals surface area contributed by atoms with E-state index in [4.69, 9.17) is 9.97 Å². The van der Waals surface area contributed by atoms with E-state index in [2.05, 4.69) is 249 Å². The van der Waals surface area contributed by atoms with Crippen LogP contribution in [0.5, 0.6) is 0 Å². The third-order valence-corrected chi connectivity index (χ3v) is 15.0. The predicted octanol–water partition coefficient (Wildman–Crippen LogP) is 17.2. The maximum absolute atomic E-state index is 5.45. The third-order valence-electron chi connectivity index (χ3n) is 13.8. The lowest BCUT2D eigenvalue weighted by Gasteiger charge is -2.34. The molecule has 0 atom stereocenters. The van der Waals surface area contributed by atoms with E-state index in [1.807, 2.05) is 17.4 Å². The monoisotopic (exact) mass is 882 g/mol. The van der Waals surface area contributed by atoms with Gasteiger partial charge in [0.15, 0.2) is 5.82 Å². The zero-order valence-electron chi connectivity index (χ0n) is 37.1. The molecule has 0 saturated heterocycles. The molecule has 12 aromatic rings. The molecule has 68 heavy (non-hydrogen) atoms. The van der Waals surface area contributed by atoms with E-state index in [9.17, 15) is 0 Å². The van der Waals surface area contributed by atoms with Crippen LogP contribution in [0.25, 0.3) is 98.6 Å². The fourth-order valence-electron chi connectivity index (χ4n) is 10.8. The Balaban J connectivity index is 1.05. The van der Waals surface area contributed by atoms with Gasteiger partial charge in [0.1, 0.15) is 0 Å². The zero-order valence-corrected chi connectivity index (χ0v) is 37.9. The molecule has 0 radical (unpaired) electrons. The van der Waals surface area contributed by atoms with Crippen molar-refractivity contribution in [2.75, 3.05) is 0 Å². The van der Waals surface area contributed by atoms with E-state index in [1.54, 1.807) is 0 Å². The van der Waals surface area contributed by atoms with Crippen LogP contribution in [0.15, 0.2) is 255 Å². The van der Waals surface area contributed by atoms with Crippen molar-refractivity contribution in [2.24, 2.45) is 0 Å². The van der Waals surface area contributed by atoms with Crippen LogP contribution in [0, 0.1) is 0 Å². The quantitative estimate of drug-likeness (QED) is 0.152. The van der Waals surface area contributed by atoms with Crippen LogP contribution >= 0.6 is 11.3 Å². The normalized spacial score (nSPS) is 12.5. The van der Waals surface area contributed by atoms with Gasteiger partial charge in [-0.2, -0.15) is 0 Å². The van der Waals surface area contributed by atoms with Gasteiger partial charge in [0.2, 0.25) is 0 Å². The Labute approximate surface area is 400 Å². The molecule has 3 heteroatoms. The van der Waals surface area contributed by atoms with Gasteiger partial charge in [-0.3, -0.25) is 0 Å². The van der Waals surface area contributed by atoms with Crippen LogP contribution in [-0.2, 0) is 5.41 Å². The summed E-state index contributed by atoms with van der Waals surface area (Å²) in [6.45, 7) is 0. The lowest BCUT2D eigenvalue weighted by atomic mass is 9.67. The summed E-state index contributed by atoms with van der Waals surface area (Å²) < 4.78 is 2.56. The highest BCUT2D eigenvalue weighted by molar-refractivity contribution is 7.26. The highest BCUT2D eigenvalue weighted by atomic mass is 32.1. The topological polar surface area (TPSA) is 25.8 Å². The van der Waals surface area contributed by atoms with Crippen LogP contribution in [0.2, 0.25) is 0 Å². The van der Waals surface area contributed by atoms with Crippen LogP contribution in [0.3, 0.4) is 0 Å². The Kier molecular flexibility index (Phi) is 9.62. The van der Waals surface area contributed by atoms with Crippen LogP contribution in [0.1, 0.15) is 22.3 Å². The van der Waals surface area contributed by atoms with Crippen molar-refractivity contribution >= 4 is 31.5 Å². The minimum Gasteiger partial charge on any atom is -0.228 e. The zero-order chi connectivity index (χ0) is 45.0. The first-order valence-electron chi connectivity index (χ1n) is 23.2. The van der Waals surface area contributed by atoms with Crippen LogP contribution < -0.4 is 0 Å². The molecule has 0 N–H and O–H groups in total. The van der Waals surface area contributed by atoms with E-state index in [0.29, 0.717) is 5.82 Å². The Morgan fingerprint density at radius 1 is 0.309 bits per heavy atom. The molecule has 13 rings (SSSR count). The second-order valence-corrected chi connectivity index (χ2v) is 18.6. The van der Waals surface area contributed by atoms with Gasteiger partial charge in [-0.25, -0.2) is 9.97 Å². The van der Waals surface area contributed by atoms with Crippen molar-refractivity contribution in [1.82, 2.24) is 9.97 Å². The summed E-state index contributed by atoms with van der Waals surface area (Å²) >= 11 is 1.85. The fourth-order valence-corrected chi connectivity index (χ4v) is 12.0. The fraction of sp³-hybridized carbons (Fsp3) is 0.0154. The van der Waals surface area contributed by atoms with E-state index >= 15 is 0 Å². The van der Waals surface area contributed by atoms with Crippen molar-refractivity contribution in [2.45, 2.75) is 5.41 Å². The summed E-state index contributed by atoms with van der Waals surface area (Å²) in [7, 11) is 0. The SMILES string of the molecule is c1ccc(-c2cc(-c3cc(-c4ccccc4-c4cccc5c4sc4ccccc45)nc(-c4ccccc4)n3)cc(-c3cccc4c3-c3ccccc3C4(c3ccccc3)c3ccccc3)c2)cc1. The number of hydrogen-bond donors (Lipinski definition) is 0. The van der Waals surface area contributed by atoms with Crippen molar-refractivity contribution in [3.63, 3.8) is 0 Å². The largest absolute Gasteiger partial charge is 0.228 e. The first-order valence-corrected chi connectivity index (χ1v) is 24.0. The summed E-state index contributed by atoms with van der Waals surface area (Å²) in [4.78, 5) is 10.9. The van der Waals surface area contributed by atoms with E-state index in [-0.39, 0.29) is 0 Å². The molecule has 0 aliphatic heterocycles. The van der Waals surface area contributed by atoms with Crippen LogP contribution in [-0.4, -0.2) is 9.97 Å². The number of aromatic nitrogens is 2. The minimum absolute atomic E-state index is 0.510.